The average Bonchev–Trinajstić information content (AvgIpc) is 2.18. The summed E-state index contributed by atoms with van der Waals surface area (Å²) < 4.78 is 5.18. The van der Waals surface area contributed by atoms with E-state index < -0.39 is 17.9 Å². The van der Waals surface area contributed by atoms with Crippen molar-refractivity contribution in [1.82, 2.24) is 0 Å². The third-order valence-electron chi connectivity index (χ3n) is 1.85. The number of benzene rings is 1. The molecule has 1 rings (SSSR count). The lowest BCUT2D eigenvalue weighted by molar-refractivity contribution is -0.123. The predicted octanol–water partition coefficient (Wildman–Crippen LogP) is 0.0381. The van der Waals surface area contributed by atoms with Crippen molar-refractivity contribution in [2.75, 3.05) is 0 Å². The van der Waals surface area contributed by atoms with Crippen LogP contribution < -0.4 is 16.2 Å². The van der Waals surface area contributed by atoms with Gasteiger partial charge in [-0.2, -0.15) is 0 Å². The summed E-state index contributed by atoms with van der Waals surface area (Å²) in [6.45, 7) is 1.55. The quantitative estimate of drug-likeness (QED) is 0.731. The van der Waals surface area contributed by atoms with E-state index in [0.29, 0.717) is 11.3 Å². The zero-order valence-electron chi connectivity index (χ0n) is 8.27. The van der Waals surface area contributed by atoms with E-state index in [9.17, 15) is 9.59 Å². The molecule has 0 saturated heterocycles. The fourth-order valence-electron chi connectivity index (χ4n) is 0.960. The molecule has 1 unspecified atom stereocenters. The molecule has 80 valence electrons. The molecule has 1 aromatic rings. The zero-order valence-corrected chi connectivity index (χ0v) is 8.27. The molecule has 0 saturated carbocycles. The smallest absolute Gasteiger partial charge is 0.258 e. The largest absolute Gasteiger partial charge is 0.481 e. The van der Waals surface area contributed by atoms with Crippen LogP contribution in [0.25, 0.3) is 0 Å². The molecule has 0 aliphatic rings. The van der Waals surface area contributed by atoms with Crippen LogP contribution in [0.3, 0.4) is 0 Å². The van der Waals surface area contributed by atoms with E-state index in [0.717, 1.165) is 0 Å². The Hall–Kier alpha value is -2.04. The lowest BCUT2D eigenvalue weighted by atomic mass is 10.2. The molecule has 1 aromatic carbocycles. The van der Waals surface area contributed by atoms with Crippen molar-refractivity contribution < 1.29 is 14.3 Å². The molecule has 2 amide bonds. The third kappa shape index (κ3) is 2.98. The second-order valence-electron chi connectivity index (χ2n) is 3.05. The molecule has 15 heavy (non-hydrogen) atoms. The summed E-state index contributed by atoms with van der Waals surface area (Å²) in [5, 5.41) is 0. The number of carbonyl (C=O) groups is 2. The highest BCUT2D eigenvalue weighted by molar-refractivity contribution is 5.92. The number of hydrogen-bond acceptors (Lipinski definition) is 3. The number of primary amides is 2. The van der Waals surface area contributed by atoms with Gasteiger partial charge >= 0.3 is 0 Å². The van der Waals surface area contributed by atoms with Crippen molar-refractivity contribution in [3.8, 4) is 5.75 Å². The lowest BCUT2D eigenvalue weighted by Gasteiger charge is -2.10. The van der Waals surface area contributed by atoms with Gasteiger partial charge in [0, 0.05) is 5.56 Å². The summed E-state index contributed by atoms with van der Waals surface area (Å²) in [4.78, 5) is 21.5. The highest BCUT2D eigenvalue weighted by Crippen LogP contribution is 2.13. The minimum atomic E-state index is -0.704. The van der Waals surface area contributed by atoms with Crippen LogP contribution in [0.4, 0.5) is 0 Å². The van der Waals surface area contributed by atoms with Crippen LogP contribution in [0.15, 0.2) is 24.3 Å². The molecule has 0 aromatic heterocycles. The molecular formula is C10H12N2O3. The van der Waals surface area contributed by atoms with Crippen LogP contribution >= 0.6 is 0 Å². The Morgan fingerprint density at radius 3 is 2.13 bits per heavy atom. The molecule has 0 heterocycles. The molecule has 0 bridgehead atoms. The van der Waals surface area contributed by atoms with Crippen LogP contribution in [-0.2, 0) is 4.79 Å². The maximum Gasteiger partial charge on any atom is 0.258 e. The summed E-state index contributed by atoms with van der Waals surface area (Å²) in [6.07, 6.45) is -0.704. The number of amides is 2. The first-order valence-electron chi connectivity index (χ1n) is 4.36. The molecule has 4 N–H and O–H groups in total. The van der Waals surface area contributed by atoms with E-state index >= 15 is 0 Å². The van der Waals surface area contributed by atoms with Gasteiger partial charge < -0.3 is 16.2 Å². The Bertz CT molecular complexity index is 373. The van der Waals surface area contributed by atoms with Crippen molar-refractivity contribution in [3.05, 3.63) is 29.8 Å². The van der Waals surface area contributed by atoms with E-state index in [1.807, 2.05) is 0 Å². The molecule has 5 nitrogen and oxygen atoms in total. The van der Waals surface area contributed by atoms with Gasteiger partial charge in [-0.05, 0) is 31.2 Å². The fourth-order valence-corrected chi connectivity index (χ4v) is 0.960. The summed E-state index contributed by atoms with van der Waals surface area (Å²) in [5.41, 5.74) is 10.5. The molecule has 0 aliphatic heterocycles. The van der Waals surface area contributed by atoms with Crippen LogP contribution in [0.5, 0.6) is 5.75 Å². The summed E-state index contributed by atoms with van der Waals surface area (Å²) in [5.74, 6) is -0.593. The van der Waals surface area contributed by atoms with Crippen molar-refractivity contribution in [2.45, 2.75) is 13.0 Å². The number of hydrogen-bond donors (Lipinski definition) is 2. The highest BCUT2D eigenvalue weighted by atomic mass is 16.5. The molecule has 0 spiro atoms. The van der Waals surface area contributed by atoms with Gasteiger partial charge in [-0.25, -0.2) is 0 Å². The van der Waals surface area contributed by atoms with E-state index in [1.54, 1.807) is 19.1 Å². The van der Waals surface area contributed by atoms with Crippen molar-refractivity contribution in [2.24, 2.45) is 11.5 Å². The van der Waals surface area contributed by atoms with Crippen LogP contribution in [0, 0.1) is 0 Å². The molecule has 0 aliphatic carbocycles. The molecule has 1 atom stereocenters. The molecule has 5 heteroatoms. The Morgan fingerprint density at radius 2 is 1.73 bits per heavy atom. The van der Waals surface area contributed by atoms with Gasteiger partial charge in [-0.3, -0.25) is 9.59 Å². The molecule has 0 fully saturated rings. The SMILES string of the molecule is CC(Oc1ccc(C(N)=O)cc1)C(N)=O. The van der Waals surface area contributed by atoms with Gasteiger partial charge in [0.1, 0.15) is 5.75 Å². The Balaban J connectivity index is 2.72. The fraction of sp³-hybridized carbons (Fsp3) is 0.200. The average molecular weight is 208 g/mol. The molecule has 0 radical (unpaired) electrons. The van der Waals surface area contributed by atoms with Crippen LogP contribution in [0.1, 0.15) is 17.3 Å². The van der Waals surface area contributed by atoms with Crippen molar-refractivity contribution in [1.29, 1.82) is 0 Å². The monoisotopic (exact) mass is 208 g/mol. The second-order valence-corrected chi connectivity index (χ2v) is 3.05. The third-order valence-corrected chi connectivity index (χ3v) is 1.85. The van der Waals surface area contributed by atoms with Gasteiger partial charge in [0.15, 0.2) is 6.10 Å². The maximum absolute atomic E-state index is 10.7. The Labute approximate surface area is 87.0 Å². The topological polar surface area (TPSA) is 95.4 Å². The first-order valence-corrected chi connectivity index (χ1v) is 4.36. The van der Waals surface area contributed by atoms with Crippen LogP contribution in [-0.4, -0.2) is 17.9 Å². The predicted molar refractivity (Wildman–Crippen MR) is 54.2 cm³/mol. The second kappa shape index (κ2) is 4.45. The highest BCUT2D eigenvalue weighted by Gasteiger charge is 2.10. The number of carbonyl (C=O) groups excluding carboxylic acids is 2. The van der Waals surface area contributed by atoms with Gasteiger partial charge in [-0.15, -0.1) is 0 Å². The summed E-state index contributed by atoms with van der Waals surface area (Å²) in [6, 6.07) is 6.15. The lowest BCUT2D eigenvalue weighted by Crippen LogP contribution is -2.30. The van der Waals surface area contributed by atoms with Gasteiger partial charge in [-0.1, -0.05) is 0 Å². The number of nitrogens with two attached hydrogens (primary N) is 2. The maximum atomic E-state index is 10.7. The van der Waals surface area contributed by atoms with E-state index in [1.165, 1.54) is 12.1 Å². The molecular weight excluding hydrogens is 196 g/mol. The standard InChI is InChI=1S/C10H12N2O3/c1-6(9(11)13)15-8-4-2-7(3-5-8)10(12)14/h2-6H,1H3,(H2,11,13)(H2,12,14). The van der Waals surface area contributed by atoms with Crippen LogP contribution in [0.2, 0.25) is 0 Å². The van der Waals surface area contributed by atoms with Crippen molar-refractivity contribution in [3.63, 3.8) is 0 Å². The number of ether oxygens (including phenoxy) is 1. The minimum absolute atomic E-state index is 0.383. The van der Waals surface area contributed by atoms with Gasteiger partial charge in [0.05, 0.1) is 0 Å². The van der Waals surface area contributed by atoms with E-state index in [2.05, 4.69) is 0 Å². The zero-order chi connectivity index (χ0) is 11.4. The first-order chi connectivity index (χ1) is 7.00. The van der Waals surface area contributed by atoms with Gasteiger partial charge in [0.25, 0.3) is 5.91 Å². The number of rotatable bonds is 4. The Kier molecular flexibility index (Phi) is 3.28. The summed E-state index contributed by atoms with van der Waals surface area (Å²) >= 11 is 0. The normalized spacial score (nSPS) is 11.8. The Morgan fingerprint density at radius 1 is 1.20 bits per heavy atom. The van der Waals surface area contributed by atoms with Gasteiger partial charge in [0.2, 0.25) is 5.91 Å². The van der Waals surface area contributed by atoms with Crippen molar-refractivity contribution >= 4 is 11.8 Å². The van der Waals surface area contributed by atoms with E-state index in [4.69, 9.17) is 16.2 Å². The van der Waals surface area contributed by atoms with E-state index in [-0.39, 0.29) is 0 Å². The first kappa shape index (κ1) is 11.0. The minimum Gasteiger partial charge on any atom is -0.481 e. The summed E-state index contributed by atoms with van der Waals surface area (Å²) in [7, 11) is 0.